The molecule has 0 saturated heterocycles. The van der Waals surface area contributed by atoms with Gasteiger partial charge in [-0.1, -0.05) is 43.5 Å². The van der Waals surface area contributed by atoms with Gasteiger partial charge < -0.3 is 15.0 Å². The largest absolute Gasteiger partial charge is 0.494 e. The Bertz CT molecular complexity index is 885. The lowest BCUT2D eigenvalue weighted by Crippen LogP contribution is -2.30. The van der Waals surface area contributed by atoms with Crippen LogP contribution in [0.3, 0.4) is 0 Å². The summed E-state index contributed by atoms with van der Waals surface area (Å²) in [7, 11) is 0. The van der Waals surface area contributed by atoms with E-state index in [1.807, 2.05) is 6.07 Å². The van der Waals surface area contributed by atoms with Crippen LogP contribution in [0.15, 0.2) is 42.5 Å². The van der Waals surface area contributed by atoms with Crippen molar-refractivity contribution in [2.24, 2.45) is 0 Å². The molecule has 4 rings (SSSR count). The van der Waals surface area contributed by atoms with Crippen LogP contribution in [0.2, 0.25) is 5.02 Å². The second-order valence-corrected chi connectivity index (χ2v) is 7.41. The zero-order valence-electron chi connectivity index (χ0n) is 15.1. The van der Waals surface area contributed by atoms with E-state index in [2.05, 4.69) is 53.6 Å². The number of aromatic amines is 1. The summed E-state index contributed by atoms with van der Waals surface area (Å²) < 4.78 is 5.84. The van der Waals surface area contributed by atoms with E-state index < -0.39 is 0 Å². The maximum atomic E-state index is 6.21. The van der Waals surface area contributed by atoms with E-state index in [-0.39, 0.29) is 6.04 Å². The molecule has 2 aromatic carbocycles. The quantitative estimate of drug-likeness (QED) is 0.553. The highest BCUT2D eigenvalue weighted by atomic mass is 35.5. The first-order chi connectivity index (χ1) is 12.8. The zero-order valence-corrected chi connectivity index (χ0v) is 15.9. The fourth-order valence-corrected chi connectivity index (χ4v) is 3.96. The first-order valence-electron chi connectivity index (χ1n) is 9.52. The predicted molar refractivity (Wildman–Crippen MR) is 108 cm³/mol. The van der Waals surface area contributed by atoms with Crippen molar-refractivity contribution < 1.29 is 4.74 Å². The molecule has 3 nitrogen and oxygen atoms in total. The number of hydrogen-bond donors (Lipinski definition) is 2. The average Bonchev–Trinajstić information content (AvgIpc) is 3.04. The Hall–Kier alpha value is -1.97. The smallest absolute Gasteiger partial charge is 0.119 e. The second kappa shape index (κ2) is 7.73. The molecule has 2 N–H and O–H groups in total. The first kappa shape index (κ1) is 17.4. The van der Waals surface area contributed by atoms with Crippen molar-refractivity contribution in [3.8, 4) is 5.75 Å². The van der Waals surface area contributed by atoms with Crippen LogP contribution in [0.1, 0.15) is 49.0 Å². The number of nitrogens with one attached hydrogen (secondary N) is 2. The van der Waals surface area contributed by atoms with Crippen LogP contribution >= 0.6 is 11.6 Å². The number of unbranched alkanes of at least 4 members (excludes halogenated alkanes) is 2. The standard InChI is InChI=1S/C22H25ClN2O/c1-2-3-4-13-26-17-8-5-15(6-9-17)21-22-18(11-12-24-21)19-14-16(23)7-10-20(19)25-22/h5-10,14,21,24-25H,2-4,11-13H2,1H3. The number of ether oxygens (including phenoxy) is 1. The molecule has 0 radical (unpaired) electrons. The van der Waals surface area contributed by atoms with Crippen molar-refractivity contribution in [2.45, 2.75) is 38.6 Å². The number of fused-ring (bicyclic) bond motifs is 3. The lowest BCUT2D eigenvalue weighted by molar-refractivity contribution is 0.306. The highest BCUT2D eigenvalue weighted by Crippen LogP contribution is 2.35. The second-order valence-electron chi connectivity index (χ2n) is 6.97. The molecule has 1 aliphatic rings. The Morgan fingerprint density at radius 2 is 1.96 bits per heavy atom. The topological polar surface area (TPSA) is 37.0 Å². The molecule has 4 heteroatoms. The molecule has 2 heterocycles. The maximum absolute atomic E-state index is 6.21. The molecule has 1 atom stereocenters. The van der Waals surface area contributed by atoms with Crippen LogP contribution in [0.4, 0.5) is 0 Å². The number of rotatable bonds is 6. The molecule has 0 aliphatic carbocycles. The van der Waals surface area contributed by atoms with Crippen LogP contribution in [0, 0.1) is 0 Å². The van der Waals surface area contributed by atoms with Crippen molar-refractivity contribution in [1.29, 1.82) is 0 Å². The van der Waals surface area contributed by atoms with Gasteiger partial charge >= 0.3 is 0 Å². The summed E-state index contributed by atoms with van der Waals surface area (Å²) >= 11 is 6.21. The molecule has 136 valence electrons. The molecule has 1 aliphatic heterocycles. The van der Waals surface area contributed by atoms with E-state index in [0.717, 1.165) is 42.3 Å². The van der Waals surface area contributed by atoms with Crippen LogP contribution in [0.25, 0.3) is 10.9 Å². The van der Waals surface area contributed by atoms with Crippen LogP contribution in [0.5, 0.6) is 5.75 Å². The predicted octanol–water partition coefficient (Wildman–Crippen LogP) is 5.63. The minimum atomic E-state index is 0.180. The van der Waals surface area contributed by atoms with Crippen LogP contribution < -0.4 is 10.1 Å². The highest BCUT2D eigenvalue weighted by molar-refractivity contribution is 6.31. The first-order valence-corrected chi connectivity index (χ1v) is 9.90. The van der Waals surface area contributed by atoms with Crippen molar-refractivity contribution in [1.82, 2.24) is 10.3 Å². The monoisotopic (exact) mass is 368 g/mol. The van der Waals surface area contributed by atoms with Gasteiger partial charge in [-0.05, 0) is 54.3 Å². The van der Waals surface area contributed by atoms with Crippen molar-refractivity contribution >= 4 is 22.5 Å². The average molecular weight is 369 g/mol. The van der Waals surface area contributed by atoms with Gasteiger partial charge in [-0.2, -0.15) is 0 Å². The Labute approximate surface area is 159 Å². The third kappa shape index (κ3) is 3.46. The summed E-state index contributed by atoms with van der Waals surface area (Å²) in [6, 6.07) is 14.8. The molecule has 1 unspecified atom stereocenters. The fourth-order valence-electron chi connectivity index (χ4n) is 3.78. The molecule has 3 aromatic rings. The minimum absolute atomic E-state index is 0.180. The zero-order chi connectivity index (χ0) is 17.9. The molecule has 26 heavy (non-hydrogen) atoms. The van der Waals surface area contributed by atoms with E-state index in [1.54, 1.807) is 0 Å². The Morgan fingerprint density at radius 3 is 2.77 bits per heavy atom. The van der Waals surface area contributed by atoms with Gasteiger partial charge in [-0.3, -0.25) is 0 Å². The van der Waals surface area contributed by atoms with Crippen LogP contribution in [-0.4, -0.2) is 18.1 Å². The number of benzene rings is 2. The van der Waals surface area contributed by atoms with Gasteiger partial charge in [-0.25, -0.2) is 0 Å². The number of halogens is 1. The van der Waals surface area contributed by atoms with Crippen molar-refractivity contribution in [3.05, 3.63) is 64.3 Å². The van der Waals surface area contributed by atoms with Gasteiger partial charge in [0.2, 0.25) is 0 Å². The van der Waals surface area contributed by atoms with Gasteiger partial charge in [0.05, 0.1) is 12.6 Å². The van der Waals surface area contributed by atoms with Gasteiger partial charge in [0.1, 0.15) is 5.75 Å². The van der Waals surface area contributed by atoms with Crippen molar-refractivity contribution in [2.75, 3.05) is 13.2 Å². The molecule has 0 amide bonds. The number of hydrogen-bond acceptors (Lipinski definition) is 2. The van der Waals surface area contributed by atoms with Crippen molar-refractivity contribution in [3.63, 3.8) is 0 Å². The Balaban J connectivity index is 1.57. The summed E-state index contributed by atoms with van der Waals surface area (Å²) in [6.07, 6.45) is 4.57. The van der Waals surface area contributed by atoms with E-state index in [4.69, 9.17) is 16.3 Å². The molecular formula is C22H25ClN2O. The third-order valence-electron chi connectivity index (χ3n) is 5.14. The summed E-state index contributed by atoms with van der Waals surface area (Å²) in [5.41, 5.74) is 5.05. The molecular weight excluding hydrogens is 344 g/mol. The van der Waals surface area contributed by atoms with Gasteiger partial charge in [-0.15, -0.1) is 0 Å². The summed E-state index contributed by atoms with van der Waals surface area (Å²) in [5.74, 6) is 0.948. The van der Waals surface area contributed by atoms with Gasteiger partial charge in [0.25, 0.3) is 0 Å². The molecule has 0 bridgehead atoms. The molecule has 0 saturated carbocycles. The molecule has 1 aromatic heterocycles. The lowest BCUT2D eigenvalue weighted by atomic mass is 9.94. The van der Waals surface area contributed by atoms with Gasteiger partial charge in [0.15, 0.2) is 0 Å². The highest BCUT2D eigenvalue weighted by Gasteiger charge is 2.25. The number of H-pyrrole nitrogens is 1. The summed E-state index contributed by atoms with van der Waals surface area (Å²) in [6.45, 7) is 3.96. The summed E-state index contributed by atoms with van der Waals surface area (Å²) in [4.78, 5) is 3.60. The summed E-state index contributed by atoms with van der Waals surface area (Å²) in [5, 5.41) is 5.68. The SMILES string of the molecule is CCCCCOc1ccc(C2NCCc3c2[nH]c2ccc(Cl)cc32)cc1. The minimum Gasteiger partial charge on any atom is -0.494 e. The Kier molecular flexibility index (Phi) is 5.18. The maximum Gasteiger partial charge on any atom is 0.119 e. The Morgan fingerprint density at radius 1 is 1.12 bits per heavy atom. The third-order valence-corrected chi connectivity index (χ3v) is 5.38. The van der Waals surface area contributed by atoms with Gasteiger partial charge in [0, 0.05) is 28.2 Å². The lowest BCUT2D eigenvalue weighted by Gasteiger charge is -2.25. The number of aromatic nitrogens is 1. The molecule has 0 fully saturated rings. The van der Waals surface area contributed by atoms with E-state index in [9.17, 15) is 0 Å². The van der Waals surface area contributed by atoms with E-state index in [1.165, 1.54) is 35.0 Å². The normalized spacial score (nSPS) is 16.6. The fraction of sp³-hybridized carbons (Fsp3) is 0.364. The van der Waals surface area contributed by atoms with E-state index >= 15 is 0 Å². The van der Waals surface area contributed by atoms with E-state index in [0.29, 0.717) is 0 Å². The van der Waals surface area contributed by atoms with Crippen LogP contribution in [-0.2, 0) is 6.42 Å². The molecule has 0 spiro atoms.